The van der Waals surface area contributed by atoms with Crippen LogP contribution >= 0.6 is 15.6 Å². The molecule has 0 aliphatic heterocycles. The number of aliphatic hydroxyl groups is 1. The predicted octanol–water partition coefficient (Wildman–Crippen LogP) is 23.5. The van der Waals surface area contributed by atoms with Crippen molar-refractivity contribution in [1.82, 2.24) is 0 Å². The maximum Gasteiger partial charge on any atom is 0.472 e. The van der Waals surface area contributed by atoms with Crippen LogP contribution in [0.4, 0.5) is 0 Å². The van der Waals surface area contributed by atoms with Gasteiger partial charge in [-0.1, -0.05) is 363 Å². The maximum atomic E-state index is 13.1. The van der Waals surface area contributed by atoms with Crippen LogP contribution in [0, 0.1) is 11.8 Å². The Morgan fingerprint density at radius 2 is 0.520 bits per heavy atom. The molecule has 0 aliphatic rings. The quantitative estimate of drug-likeness (QED) is 0.0222. The highest BCUT2D eigenvalue weighted by molar-refractivity contribution is 7.47. The second-order valence-electron chi connectivity index (χ2n) is 29.2. The van der Waals surface area contributed by atoms with Gasteiger partial charge < -0.3 is 33.8 Å². The van der Waals surface area contributed by atoms with Gasteiger partial charge in [0.05, 0.1) is 26.4 Å². The Kier molecular flexibility index (Phi) is 69.3. The lowest BCUT2D eigenvalue weighted by Gasteiger charge is -2.21. The smallest absolute Gasteiger partial charge is 0.462 e. The zero-order valence-corrected chi connectivity index (χ0v) is 65.9. The van der Waals surface area contributed by atoms with Crippen LogP contribution in [0.3, 0.4) is 0 Å². The van der Waals surface area contributed by atoms with Crippen molar-refractivity contribution in [2.45, 2.75) is 432 Å². The molecule has 6 atom stereocenters. The molecule has 0 amide bonds. The monoisotopic (exact) mass is 1440 g/mol. The molecule has 582 valence electrons. The minimum Gasteiger partial charge on any atom is -0.462 e. The molecule has 0 saturated carbocycles. The summed E-state index contributed by atoms with van der Waals surface area (Å²) < 4.78 is 68.7. The number of hydrogen-bond acceptors (Lipinski definition) is 15. The Morgan fingerprint density at radius 3 is 0.776 bits per heavy atom. The first-order chi connectivity index (χ1) is 47.4. The van der Waals surface area contributed by atoms with Gasteiger partial charge in [-0.2, -0.15) is 0 Å². The van der Waals surface area contributed by atoms with Gasteiger partial charge in [0.1, 0.15) is 19.3 Å². The summed E-state index contributed by atoms with van der Waals surface area (Å²) in [7, 11) is -9.92. The highest BCUT2D eigenvalue weighted by Gasteiger charge is 2.30. The van der Waals surface area contributed by atoms with Crippen molar-refractivity contribution in [2.75, 3.05) is 39.6 Å². The van der Waals surface area contributed by atoms with E-state index in [1.807, 2.05) is 0 Å². The molecular formula is C79H154O17P2. The summed E-state index contributed by atoms with van der Waals surface area (Å²) in [6, 6.07) is 0. The zero-order chi connectivity index (χ0) is 72.1. The number of carbonyl (C=O) groups is 4. The highest BCUT2D eigenvalue weighted by atomic mass is 31.2. The third kappa shape index (κ3) is 71.1. The summed E-state index contributed by atoms with van der Waals surface area (Å²) in [5, 5.41) is 10.6. The maximum absolute atomic E-state index is 13.1. The van der Waals surface area contributed by atoms with Crippen molar-refractivity contribution in [3.05, 3.63) is 0 Å². The van der Waals surface area contributed by atoms with E-state index in [9.17, 15) is 43.2 Å². The van der Waals surface area contributed by atoms with Crippen molar-refractivity contribution in [3.8, 4) is 0 Å². The minimum absolute atomic E-state index is 0.108. The van der Waals surface area contributed by atoms with Gasteiger partial charge in [0.25, 0.3) is 0 Å². The molecule has 3 N–H and O–H groups in total. The first-order valence-electron chi connectivity index (χ1n) is 41.0. The summed E-state index contributed by atoms with van der Waals surface area (Å²) in [5.41, 5.74) is 0. The molecule has 17 nitrogen and oxygen atoms in total. The van der Waals surface area contributed by atoms with Crippen molar-refractivity contribution in [1.29, 1.82) is 0 Å². The van der Waals surface area contributed by atoms with Crippen molar-refractivity contribution in [3.63, 3.8) is 0 Å². The Balaban J connectivity index is 5.26. The molecule has 0 rings (SSSR count). The topological polar surface area (TPSA) is 237 Å². The van der Waals surface area contributed by atoms with Gasteiger partial charge in [-0.3, -0.25) is 37.3 Å². The molecule has 0 bridgehead atoms. The number of phosphoric acid groups is 2. The fourth-order valence-electron chi connectivity index (χ4n) is 12.2. The Labute approximate surface area is 600 Å². The normalized spacial score (nSPS) is 14.2. The molecule has 0 heterocycles. The number of unbranched alkanes of at least 4 members (excludes halogenated alkanes) is 47. The number of ether oxygens (including phenoxy) is 4. The first kappa shape index (κ1) is 96.1. The van der Waals surface area contributed by atoms with Gasteiger partial charge >= 0.3 is 39.5 Å². The zero-order valence-electron chi connectivity index (χ0n) is 64.1. The summed E-state index contributed by atoms with van der Waals surface area (Å²) >= 11 is 0. The fraction of sp³-hybridized carbons (Fsp3) is 0.949. The minimum atomic E-state index is -4.96. The molecule has 0 aromatic carbocycles. The number of phosphoric ester groups is 2. The molecule has 0 aromatic heterocycles. The average Bonchev–Trinajstić information content (AvgIpc) is 0.943. The summed E-state index contributed by atoms with van der Waals surface area (Å²) in [4.78, 5) is 73.0. The van der Waals surface area contributed by atoms with Crippen molar-refractivity contribution < 1.29 is 80.2 Å². The average molecular weight is 1440 g/mol. The summed E-state index contributed by atoms with van der Waals surface area (Å²) in [6.07, 6.45) is 59.4. The second-order valence-corrected chi connectivity index (χ2v) is 32.1. The van der Waals surface area contributed by atoms with E-state index in [1.54, 1.807) is 0 Å². The Hall–Kier alpha value is -1.94. The number of esters is 4. The largest absolute Gasteiger partial charge is 0.472 e. The van der Waals surface area contributed by atoms with Crippen LogP contribution in [0.1, 0.15) is 414 Å². The van der Waals surface area contributed by atoms with Gasteiger partial charge in [-0.15, -0.1) is 0 Å². The van der Waals surface area contributed by atoms with E-state index >= 15 is 0 Å². The van der Waals surface area contributed by atoms with Crippen LogP contribution in [0.2, 0.25) is 0 Å². The molecule has 0 aromatic rings. The van der Waals surface area contributed by atoms with E-state index in [0.29, 0.717) is 25.7 Å². The Morgan fingerprint density at radius 1 is 0.296 bits per heavy atom. The Bertz CT molecular complexity index is 1890. The van der Waals surface area contributed by atoms with Gasteiger partial charge in [-0.05, 0) is 37.5 Å². The van der Waals surface area contributed by atoms with Gasteiger partial charge in [-0.25, -0.2) is 9.13 Å². The molecule has 98 heavy (non-hydrogen) atoms. The lowest BCUT2D eigenvalue weighted by atomic mass is 9.99. The highest BCUT2D eigenvalue weighted by Crippen LogP contribution is 2.45. The molecule has 0 fully saturated rings. The van der Waals surface area contributed by atoms with Crippen molar-refractivity contribution in [2.24, 2.45) is 11.8 Å². The SMILES string of the molecule is CCCCCCCCCCCCCCCCC(=O)OC[C@H](COP(=O)(O)OC[C@@H](O)COP(=O)(O)OC[C@@H](COC(=O)CCCCCCCCCCCC(C)C)OC(=O)CCCCCCCCCCCCCCCC)OC(=O)CCCCCCCCCCCCCCCCC(C)CC. The van der Waals surface area contributed by atoms with Crippen LogP contribution in [0.5, 0.6) is 0 Å². The lowest BCUT2D eigenvalue weighted by molar-refractivity contribution is -0.161. The number of aliphatic hydroxyl groups excluding tert-OH is 1. The van der Waals surface area contributed by atoms with Gasteiger partial charge in [0.15, 0.2) is 12.2 Å². The molecule has 0 spiro atoms. The van der Waals surface area contributed by atoms with Crippen LogP contribution in [0.15, 0.2) is 0 Å². The van der Waals surface area contributed by atoms with Crippen LogP contribution in [-0.2, 0) is 65.4 Å². The number of rotatable bonds is 78. The second kappa shape index (κ2) is 70.7. The van der Waals surface area contributed by atoms with E-state index < -0.39 is 97.5 Å². The standard InChI is InChI=1S/C79H154O17P2/c1-7-10-12-14-16-18-20-22-27-31-37-43-49-55-61-76(81)89-67-74(95-79(84)64-58-52-46-39-33-29-25-24-26-30-36-42-48-54-60-72(6)9-3)69-93-97(85,86)91-65-73(80)66-92-98(87,88)94-70-75(68-90-77(82)62-56-50-44-40-34-35-41-47-53-59-71(4)5)96-78(83)63-57-51-45-38-32-28-23-21-19-17-15-13-11-8-2/h71-75,80H,7-70H2,1-6H3,(H,85,86)(H,87,88)/t72?,73-,74-,75-/m1/s1. The van der Waals surface area contributed by atoms with Crippen molar-refractivity contribution >= 4 is 39.5 Å². The van der Waals surface area contributed by atoms with Crippen LogP contribution in [-0.4, -0.2) is 96.7 Å². The third-order valence-corrected chi connectivity index (χ3v) is 20.7. The molecule has 0 saturated heterocycles. The molecule has 3 unspecified atom stereocenters. The van der Waals surface area contributed by atoms with Crippen LogP contribution < -0.4 is 0 Å². The van der Waals surface area contributed by atoms with Gasteiger partial charge in [0, 0.05) is 25.7 Å². The third-order valence-electron chi connectivity index (χ3n) is 18.8. The van der Waals surface area contributed by atoms with E-state index in [2.05, 4.69) is 41.5 Å². The van der Waals surface area contributed by atoms with E-state index in [-0.39, 0.29) is 25.7 Å². The number of hydrogen-bond donors (Lipinski definition) is 3. The van der Waals surface area contributed by atoms with E-state index in [0.717, 1.165) is 102 Å². The van der Waals surface area contributed by atoms with Gasteiger partial charge in [0.2, 0.25) is 0 Å². The predicted molar refractivity (Wildman–Crippen MR) is 400 cm³/mol. The van der Waals surface area contributed by atoms with E-state index in [4.69, 9.17) is 37.0 Å². The molecule has 19 heteroatoms. The summed E-state index contributed by atoms with van der Waals surface area (Å²) in [6.45, 7) is 9.67. The number of carbonyl (C=O) groups excluding carboxylic acids is 4. The fourth-order valence-corrected chi connectivity index (χ4v) is 13.7. The summed E-state index contributed by atoms with van der Waals surface area (Å²) in [5.74, 6) is -0.519. The van der Waals surface area contributed by atoms with E-state index in [1.165, 1.54) is 231 Å². The molecule has 0 radical (unpaired) electrons. The lowest BCUT2D eigenvalue weighted by Crippen LogP contribution is -2.30. The molecule has 0 aliphatic carbocycles. The first-order valence-corrected chi connectivity index (χ1v) is 44.0. The van der Waals surface area contributed by atoms with Crippen LogP contribution in [0.25, 0.3) is 0 Å². The molecular weight excluding hydrogens is 1280 g/mol.